The molecule has 0 aliphatic rings. The molecule has 0 spiro atoms. The summed E-state index contributed by atoms with van der Waals surface area (Å²) in [5.41, 5.74) is 5.23. The van der Waals surface area contributed by atoms with Crippen LogP contribution in [0, 0.1) is 27.7 Å². The van der Waals surface area contributed by atoms with Gasteiger partial charge in [0, 0.05) is 11.3 Å². The van der Waals surface area contributed by atoms with Gasteiger partial charge in [0.15, 0.2) is 0 Å². The summed E-state index contributed by atoms with van der Waals surface area (Å²) in [7, 11) is -3.73. The fourth-order valence-corrected chi connectivity index (χ4v) is 4.14. The normalized spacial score (nSPS) is 11.9. The molecule has 0 radical (unpaired) electrons. The van der Waals surface area contributed by atoms with Crippen LogP contribution in [0.15, 0.2) is 58.5 Å². The van der Waals surface area contributed by atoms with Gasteiger partial charge in [-0.25, -0.2) is 4.83 Å². The molecule has 1 aromatic heterocycles. The summed E-state index contributed by atoms with van der Waals surface area (Å²) >= 11 is 0. The zero-order valence-electron chi connectivity index (χ0n) is 16.5. The summed E-state index contributed by atoms with van der Waals surface area (Å²) in [5, 5.41) is 8.54. The molecule has 0 fully saturated rings. The molecular formula is C21H24N4O2S. The molecule has 6 nitrogen and oxygen atoms in total. The van der Waals surface area contributed by atoms with Crippen LogP contribution in [0.3, 0.4) is 0 Å². The van der Waals surface area contributed by atoms with E-state index in [4.69, 9.17) is 0 Å². The smallest absolute Gasteiger partial charge is 0.265 e. The van der Waals surface area contributed by atoms with Crippen LogP contribution in [0.4, 0.5) is 0 Å². The first-order valence-corrected chi connectivity index (χ1v) is 10.5. The molecule has 7 heteroatoms. The highest BCUT2D eigenvalue weighted by Crippen LogP contribution is 2.17. The number of nitrogens with zero attached hydrogens (tertiary/aromatic N) is 3. The first-order valence-electron chi connectivity index (χ1n) is 8.98. The van der Waals surface area contributed by atoms with Crippen molar-refractivity contribution in [3.8, 4) is 0 Å². The predicted molar refractivity (Wildman–Crippen MR) is 111 cm³/mol. The van der Waals surface area contributed by atoms with E-state index in [2.05, 4.69) is 15.0 Å². The van der Waals surface area contributed by atoms with E-state index in [0.29, 0.717) is 12.1 Å². The molecule has 0 amide bonds. The van der Waals surface area contributed by atoms with Crippen molar-refractivity contribution in [3.05, 3.63) is 82.2 Å². The van der Waals surface area contributed by atoms with E-state index in [1.54, 1.807) is 19.1 Å². The number of nitrogens with one attached hydrogen (secondary N) is 1. The fraction of sp³-hybridized carbons (Fsp3) is 0.238. The van der Waals surface area contributed by atoms with E-state index in [9.17, 15) is 8.42 Å². The molecule has 3 rings (SSSR count). The molecule has 2 aromatic carbocycles. The molecule has 0 aliphatic carbocycles. The lowest BCUT2D eigenvalue weighted by molar-refractivity contribution is 0.584. The lowest BCUT2D eigenvalue weighted by Crippen LogP contribution is -2.19. The second-order valence-corrected chi connectivity index (χ2v) is 8.48. The first kappa shape index (κ1) is 19.8. The molecular weight excluding hydrogens is 372 g/mol. The number of hydrogen-bond donors (Lipinski definition) is 1. The van der Waals surface area contributed by atoms with E-state index in [1.165, 1.54) is 6.21 Å². The summed E-state index contributed by atoms with van der Waals surface area (Å²) in [4.78, 5) is 2.54. The van der Waals surface area contributed by atoms with Crippen molar-refractivity contribution in [1.29, 1.82) is 0 Å². The van der Waals surface area contributed by atoms with E-state index >= 15 is 0 Å². The monoisotopic (exact) mass is 396 g/mol. The van der Waals surface area contributed by atoms with Crippen LogP contribution in [-0.2, 0) is 16.6 Å². The summed E-state index contributed by atoms with van der Waals surface area (Å²) in [5.74, 6) is 0. The Balaban J connectivity index is 1.80. The minimum Gasteiger partial charge on any atom is -0.265 e. The van der Waals surface area contributed by atoms with Gasteiger partial charge in [-0.1, -0.05) is 42.5 Å². The standard InChI is InChI=1S/C21H24N4O2S/c1-15-10-11-16(2)21(12-15)28(26,27)24-22-13-20-17(3)23-25(18(20)4)14-19-8-6-5-7-9-19/h5-13,24H,14H2,1-4H3. The summed E-state index contributed by atoms with van der Waals surface area (Å²) < 4.78 is 27.0. The van der Waals surface area contributed by atoms with Crippen LogP contribution in [0.5, 0.6) is 0 Å². The molecule has 3 aromatic rings. The molecule has 0 saturated heterocycles. The molecule has 0 atom stereocenters. The van der Waals surface area contributed by atoms with Crippen molar-refractivity contribution in [2.75, 3.05) is 0 Å². The van der Waals surface area contributed by atoms with Crippen LogP contribution in [-0.4, -0.2) is 24.4 Å². The minimum atomic E-state index is -3.73. The summed E-state index contributed by atoms with van der Waals surface area (Å²) in [6.45, 7) is 8.10. The molecule has 1 heterocycles. The van der Waals surface area contributed by atoms with Crippen LogP contribution in [0.2, 0.25) is 0 Å². The highest BCUT2D eigenvalue weighted by molar-refractivity contribution is 7.89. The van der Waals surface area contributed by atoms with Gasteiger partial charge in [0.1, 0.15) is 0 Å². The largest absolute Gasteiger partial charge is 0.276 e. The van der Waals surface area contributed by atoms with Crippen molar-refractivity contribution < 1.29 is 8.42 Å². The van der Waals surface area contributed by atoms with Gasteiger partial charge < -0.3 is 0 Å². The SMILES string of the molecule is Cc1ccc(C)c(S(=O)(=O)NN=Cc2c(C)nn(Cc3ccccc3)c2C)c1. The Morgan fingerprint density at radius 3 is 2.50 bits per heavy atom. The van der Waals surface area contributed by atoms with Gasteiger partial charge in [-0.05, 0) is 50.5 Å². The second kappa shape index (κ2) is 7.98. The van der Waals surface area contributed by atoms with Gasteiger partial charge in [0.2, 0.25) is 0 Å². The Labute approximate surface area is 166 Å². The maximum Gasteiger partial charge on any atom is 0.276 e. The van der Waals surface area contributed by atoms with Crippen LogP contribution < -0.4 is 4.83 Å². The summed E-state index contributed by atoms with van der Waals surface area (Å²) in [6.07, 6.45) is 1.52. The third-order valence-corrected chi connectivity index (χ3v) is 5.98. The van der Waals surface area contributed by atoms with Gasteiger partial charge in [-0.15, -0.1) is 0 Å². The molecule has 0 unspecified atom stereocenters. The Morgan fingerprint density at radius 1 is 1.07 bits per heavy atom. The lowest BCUT2D eigenvalue weighted by atomic mass is 10.2. The molecule has 1 N–H and O–H groups in total. The Bertz CT molecular complexity index is 1120. The summed E-state index contributed by atoms with van der Waals surface area (Å²) in [6, 6.07) is 15.4. The van der Waals surface area contributed by atoms with E-state index in [1.807, 2.05) is 61.9 Å². The highest BCUT2D eigenvalue weighted by atomic mass is 32.2. The van der Waals surface area contributed by atoms with Gasteiger partial charge in [-0.3, -0.25) is 4.68 Å². The maximum absolute atomic E-state index is 12.6. The lowest BCUT2D eigenvalue weighted by Gasteiger charge is -2.07. The Morgan fingerprint density at radius 2 is 1.79 bits per heavy atom. The quantitative estimate of drug-likeness (QED) is 0.512. The van der Waals surface area contributed by atoms with Crippen molar-refractivity contribution in [3.63, 3.8) is 0 Å². The topological polar surface area (TPSA) is 76.3 Å². The number of sulfonamides is 1. The van der Waals surface area contributed by atoms with Crippen LogP contribution in [0.1, 0.15) is 33.6 Å². The van der Waals surface area contributed by atoms with E-state index < -0.39 is 10.0 Å². The van der Waals surface area contributed by atoms with Crippen molar-refractivity contribution in [2.45, 2.75) is 39.1 Å². The van der Waals surface area contributed by atoms with Gasteiger partial charge in [-0.2, -0.15) is 18.6 Å². The average Bonchev–Trinajstić information content (AvgIpc) is 2.91. The third kappa shape index (κ3) is 4.31. The Hall–Kier alpha value is -2.93. The zero-order valence-corrected chi connectivity index (χ0v) is 17.3. The van der Waals surface area contributed by atoms with Crippen molar-refractivity contribution in [1.82, 2.24) is 14.6 Å². The molecule has 0 saturated carbocycles. The van der Waals surface area contributed by atoms with E-state index in [0.717, 1.165) is 28.1 Å². The molecule has 146 valence electrons. The average molecular weight is 397 g/mol. The van der Waals surface area contributed by atoms with Gasteiger partial charge >= 0.3 is 0 Å². The number of hydrazone groups is 1. The predicted octanol–water partition coefficient (Wildman–Crippen LogP) is 3.48. The number of aryl methyl sites for hydroxylation is 3. The van der Waals surface area contributed by atoms with Crippen LogP contribution in [0.25, 0.3) is 0 Å². The number of hydrogen-bond acceptors (Lipinski definition) is 4. The van der Waals surface area contributed by atoms with Crippen LogP contribution >= 0.6 is 0 Å². The molecule has 0 bridgehead atoms. The zero-order chi connectivity index (χ0) is 20.3. The second-order valence-electron chi connectivity index (χ2n) is 6.85. The fourth-order valence-electron chi connectivity index (χ4n) is 3.01. The third-order valence-electron chi connectivity index (χ3n) is 4.61. The van der Waals surface area contributed by atoms with E-state index in [-0.39, 0.29) is 4.90 Å². The van der Waals surface area contributed by atoms with Gasteiger partial charge in [0.05, 0.1) is 23.3 Å². The number of aromatic nitrogens is 2. The Kier molecular flexibility index (Phi) is 5.65. The molecule has 0 aliphatic heterocycles. The number of rotatable bonds is 6. The maximum atomic E-state index is 12.6. The minimum absolute atomic E-state index is 0.234. The molecule has 28 heavy (non-hydrogen) atoms. The van der Waals surface area contributed by atoms with Gasteiger partial charge in [0.25, 0.3) is 10.0 Å². The van der Waals surface area contributed by atoms with Crippen molar-refractivity contribution in [2.24, 2.45) is 5.10 Å². The first-order chi connectivity index (χ1) is 13.3. The number of benzene rings is 2. The highest BCUT2D eigenvalue weighted by Gasteiger charge is 2.16. The van der Waals surface area contributed by atoms with Crippen molar-refractivity contribution >= 4 is 16.2 Å².